The summed E-state index contributed by atoms with van der Waals surface area (Å²) in [6, 6.07) is 7.80. The molecule has 0 aromatic heterocycles. The zero-order valence-corrected chi connectivity index (χ0v) is 22.1. The third kappa shape index (κ3) is 8.01. The second-order valence-electron chi connectivity index (χ2n) is 8.03. The highest BCUT2D eigenvalue weighted by Gasteiger charge is 2.32. The molecule has 0 radical (unpaired) electrons. The number of alkyl halides is 3. The maximum Gasteiger partial charge on any atom is 0.416 e. The van der Waals surface area contributed by atoms with Gasteiger partial charge in [0.1, 0.15) is 6.04 Å². The summed E-state index contributed by atoms with van der Waals surface area (Å²) in [5, 5.41) is 3.18. The maximum atomic E-state index is 13.1. The molecule has 2 aromatic rings. The van der Waals surface area contributed by atoms with E-state index in [2.05, 4.69) is 5.32 Å². The van der Waals surface area contributed by atoms with Crippen LogP contribution in [0.3, 0.4) is 0 Å². The molecule has 2 rings (SSSR count). The van der Waals surface area contributed by atoms with Gasteiger partial charge in [-0.05, 0) is 49.2 Å². The van der Waals surface area contributed by atoms with E-state index < -0.39 is 39.6 Å². The van der Waals surface area contributed by atoms with Crippen molar-refractivity contribution < 1.29 is 31.2 Å². The Bertz CT molecular complexity index is 1210. The van der Waals surface area contributed by atoms with Crippen LogP contribution in [0.1, 0.15) is 30.9 Å². The van der Waals surface area contributed by atoms with E-state index in [0.717, 1.165) is 28.8 Å². The molecule has 1 atom stereocenters. The first-order valence-corrected chi connectivity index (χ1v) is 13.4. The molecule has 0 spiro atoms. The average molecular weight is 568 g/mol. The van der Waals surface area contributed by atoms with Crippen molar-refractivity contribution in [2.24, 2.45) is 0 Å². The first kappa shape index (κ1) is 29.7. The minimum atomic E-state index is -4.64. The van der Waals surface area contributed by atoms with Crippen LogP contribution in [0.2, 0.25) is 10.0 Å². The fraction of sp³-hybridized carbons (Fsp3) is 0.391. The molecule has 0 aliphatic rings. The third-order valence-corrected chi connectivity index (χ3v) is 7.16. The van der Waals surface area contributed by atoms with E-state index in [4.69, 9.17) is 23.2 Å². The summed E-state index contributed by atoms with van der Waals surface area (Å²) in [6.07, 6.45) is -3.95. The number of halogens is 5. The van der Waals surface area contributed by atoms with Crippen molar-refractivity contribution >= 4 is 50.7 Å². The number of nitrogens with zero attached hydrogens (tertiary/aromatic N) is 2. The molecule has 0 saturated carbocycles. The Hall–Kier alpha value is -2.50. The number of likely N-dealkylation sites (N-methyl/N-ethyl adjacent to an activating group) is 1. The highest BCUT2D eigenvalue weighted by Crippen LogP contribution is 2.32. The Labute approximate surface area is 218 Å². The van der Waals surface area contributed by atoms with Crippen molar-refractivity contribution in [2.75, 3.05) is 24.2 Å². The van der Waals surface area contributed by atoms with Crippen LogP contribution >= 0.6 is 23.2 Å². The Balaban J connectivity index is 2.22. The Kier molecular flexibility index (Phi) is 10.0. The van der Waals surface area contributed by atoms with Gasteiger partial charge in [0.2, 0.25) is 21.8 Å². The molecule has 7 nitrogen and oxygen atoms in total. The number of nitrogens with one attached hydrogen (secondary N) is 1. The summed E-state index contributed by atoms with van der Waals surface area (Å²) in [5.41, 5.74) is -0.606. The number of carbonyl (C=O) groups is 2. The second-order valence-corrected chi connectivity index (χ2v) is 10.8. The smallest absolute Gasteiger partial charge is 0.357 e. The average Bonchev–Trinajstić information content (AvgIpc) is 2.79. The fourth-order valence-electron chi connectivity index (χ4n) is 3.47. The number of hydrogen-bond donors (Lipinski definition) is 1. The lowest BCUT2D eigenvalue weighted by atomic mass is 10.1. The predicted molar refractivity (Wildman–Crippen MR) is 133 cm³/mol. The summed E-state index contributed by atoms with van der Waals surface area (Å²) in [4.78, 5) is 26.7. The molecular weight excluding hydrogens is 542 g/mol. The van der Waals surface area contributed by atoms with Crippen molar-refractivity contribution in [2.45, 2.75) is 38.5 Å². The van der Waals surface area contributed by atoms with Gasteiger partial charge in [0.25, 0.3) is 0 Å². The monoisotopic (exact) mass is 567 g/mol. The van der Waals surface area contributed by atoms with E-state index in [9.17, 15) is 31.2 Å². The van der Waals surface area contributed by atoms with E-state index in [1.54, 1.807) is 12.1 Å². The molecule has 1 N–H and O–H groups in total. The van der Waals surface area contributed by atoms with Crippen LogP contribution in [0.15, 0.2) is 42.5 Å². The third-order valence-electron chi connectivity index (χ3n) is 5.38. The van der Waals surface area contributed by atoms with Gasteiger partial charge in [-0.25, -0.2) is 8.42 Å². The molecule has 36 heavy (non-hydrogen) atoms. The number of benzene rings is 2. The van der Waals surface area contributed by atoms with Crippen LogP contribution in [-0.2, 0) is 32.3 Å². The summed E-state index contributed by atoms with van der Waals surface area (Å²) < 4.78 is 64.8. The molecule has 0 heterocycles. The van der Waals surface area contributed by atoms with E-state index in [0.29, 0.717) is 15.6 Å². The van der Waals surface area contributed by atoms with Crippen LogP contribution in [0.4, 0.5) is 18.9 Å². The lowest BCUT2D eigenvalue weighted by molar-refractivity contribution is -0.140. The molecule has 0 aliphatic heterocycles. The van der Waals surface area contributed by atoms with E-state index in [1.165, 1.54) is 31.0 Å². The van der Waals surface area contributed by atoms with Gasteiger partial charge in [-0.3, -0.25) is 13.9 Å². The van der Waals surface area contributed by atoms with Crippen LogP contribution < -0.4 is 9.62 Å². The standard InChI is InChI=1S/C23H26Cl2F3N3O4S/c1-15(22(33)29-2)30(14-16-9-10-18(24)13-20(16)25)21(32)8-5-11-31(36(3,34)35)19-7-4-6-17(12-19)23(26,27)28/h4,6-7,9-10,12-13,15H,5,8,11,14H2,1-3H3,(H,29,33)/t15-/m1/s1. The van der Waals surface area contributed by atoms with Crippen molar-refractivity contribution in [1.29, 1.82) is 0 Å². The lowest BCUT2D eigenvalue weighted by Gasteiger charge is -2.29. The fourth-order valence-corrected chi connectivity index (χ4v) is 4.89. The van der Waals surface area contributed by atoms with Gasteiger partial charge in [-0.1, -0.05) is 35.3 Å². The molecule has 2 amide bonds. The number of sulfonamides is 1. The number of rotatable bonds is 10. The normalized spacial score (nSPS) is 12.7. The quantitative estimate of drug-likeness (QED) is 0.450. The topological polar surface area (TPSA) is 86.8 Å². The zero-order valence-electron chi connectivity index (χ0n) is 19.8. The van der Waals surface area contributed by atoms with Gasteiger partial charge in [-0.2, -0.15) is 13.2 Å². The molecule has 2 aromatic carbocycles. The summed E-state index contributed by atoms with van der Waals surface area (Å²) in [6.45, 7) is 1.29. The van der Waals surface area contributed by atoms with Gasteiger partial charge in [0, 0.05) is 36.6 Å². The number of anilines is 1. The highest BCUT2D eigenvalue weighted by molar-refractivity contribution is 7.92. The summed E-state index contributed by atoms with van der Waals surface area (Å²) in [5.74, 6) is -0.884. The van der Waals surface area contributed by atoms with Crippen molar-refractivity contribution in [3.8, 4) is 0 Å². The molecule has 0 fully saturated rings. The van der Waals surface area contributed by atoms with Crippen molar-refractivity contribution in [3.63, 3.8) is 0 Å². The van der Waals surface area contributed by atoms with Crippen molar-refractivity contribution in [3.05, 3.63) is 63.6 Å². The van der Waals surface area contributed by atoms with Gasteiger partial charge in [0.05, 0.1) is 17.5 Å². The number of carbonyl (C=O) groups excluding carboxylic acids is 2. The molecule has 0 aliphatic carbocycles. The van der Waals surface area contributed by atoms with E-state index in [1.807, 2.05) is 0 Å². The highest BCUT2D eigenvalue weighted by atomic mass is 35.5. The number of amides is 2. The molecular formula is C23H26Cl2F3N3O4S. The maximum absolute atomic E-state index is 13.1. The lowest BCUT2D eigenvalue weighted by Crippen LogP contribution is -2.46. The predicted octanol–water partition coefficient (Wildman–Crippen LogP) is 4.72. The molecule has 198 valence electrons. The van der Waals surface area contributed by atoms with Gasteiger partial charge in [-0.15, -0.1) is 0 Å². The summed E-state index contributed by atoms with van der Waals surface area (Å²) >= 11 is 12.2. The summed E-state index contributed by atoms with van der Waals surface area (Å²) in [7, 11) is -2.52. The van der Waals surface area contributed by atoms with Crippen LogP contribution in [0.5, 0.6) is 0 Å². The first-order valence-electron chi connectivity index (χ1n) is 10.7. The molecule has 0 unspecified atom stereocenters. The molecule has 0 saturated heterocycles. The van der Waals surface area contributed by atoms with Gasteiger partial charge in [0.15, 0.2) is 0 Å². The van der Waals surface area contributed by atoms with Crippen molar-refractivity contribution in [1.82, 2.24) is 10.2 Å². The van der Waals surface area contributed by atoms with Crippen LogP contribution in [0, 0.1) is 0 Å². The Morgan fingerprint density at radius 1 is 1.11 bits per heavy atom. The SMILES string of the molecule is CNC(=O)[C@@H](C)N(Cc1ccc(Cl)cc1Cl)C(=O)CCCN(c1cccc(C(F)(F)F)c1)S(C)(=O)=O. The van der Waals surface area contributed by atoms with Gasteiger partial charge < -0.3 is 10.2 Å². The van der Waals surface area contributed by atoms with E-state index in [-0.39, 0.29) is 31.6 Å². The molecule has 0 bridgehead atoms. The second kappa shape index (κ2) is 12.2. The Morgan fingerprint density at radius 2 is 1.78 bits per heavy atom. The number of hydrogen-bond acceptors (Lipinski definition) is 4. The minimum Gasteiger partial charge on any atom is -0.357 e. The Morgan fingerprint density at radius 3 is 2.33 bits per heavy atom. The molecule has 13 heteroatoms. The van der Waals surface area contributed by atoms with Gasteiger partial charge >= 0.3 is 6.18 Å². The van der Waals surface area contributed by atoms with Crippen LogP contribution in [-0.4, -0.2) is 51.0 Å². The van der Waals surface area contributed by atoms with E-state index >= 15 is 0 Å². The first-order chi connectivity index (χ1) is 16.6. The van der Waals surface area contributed by atoms with Crippen LogP contribution in [0.25, 0.3) is 0 Å². The minimum absolute atomic E-state index is 0.00649. The zero-order chi connectivity index (χ0) is 27.3. The largest absolute Gasteiger partial charge is 0.416 e.